The maximum atomic E-state index is 11.8. The molecule has 24 heavy (non-hydrogen) atoms. The second-order valence-electron chi connectivity index (χ2n) is 6.24. The van der Waals surface area contributed by atoms with Gasteiger partial charge in [-0.3, -0.25) is 0 Å². The Morgan fingerprint density at radius 1 is 1.08 bits per heavy atom. The van der Waals surface area contributed by atoms with Crippen LogP contribution in [0.15, 0.2) is 42.5 Å². The van der Waals surface area contributed by atoms with Crippen LogP contribution in [-0.4, -0.2) is 25.3 Å². The Morgan fingerprint density at radius 2 is 1.75 bits per heavy atom. The molecule has 0 fully saturated rings. The van der Waals surface area contributed by atoms with E-state index < -0.39 is 11.6 Å². The highest BCUT2D eigenvalue weighted by Gasteiger charge is 2.17. The lowest BCUT2D eigenvalue weighted by atomic mass is 10.0. The lowest BCUT2D eigenvalue weighted by Crippen LogP contribution is -2.27. The first-order valence-electron chi connectivity index (χ1n) is 7.57. The monoisotopic (exact) mass is 348 g/mol. The molecule has 2 aromatic rings. The molecule has 128 valence electrons. The van der Waals surface area contributed by atoms with Gasteiger partial charge < -0.3 is 14.2 Å². The number of rotatable bonds is 5. The molecular weight excluding hydrogens is 328 g/mol. The summed E-state index contributed by atoms with van der Waals surface area (Å²) in [6.45, 7) is 5.28. The van der Waals surface area contributed by atoms with Gasteiger partial charge in [-0.15, -0.1) is 0 Å². The molecule has 0 aliphatic heterocycles. The van der Waals surface area contributed by atoms with Crippen molar-refractivity contribution in [2.45, 2.75) is 26.4 Å². The van der Waals surface area contributed by atoms with Gasteiger partial charge in [-0.1, -0.05) is 23.7 Å². The lowest BCUT2D eigenvalue weighted by Gasteiger charge is -2.20. The van der Waals surface area contributed by atoms with Crippen LogP contribution in [0.3, 0.4) is 0 Å². The van der Waals surface area contributed by atoms with Crippen molar-refractivity contribution in [2.75, 3.05) is 13.7 Å². The summed E-state index contributed by atoms with van der Waals surface area (Å²) in [5.41, 5.74) is 1.17. The van der Waals surface area contributed by atoms with Crippen LogP contribution >= 0.6 is 11.6 Å². The summed E-state index contributed by atoms with van der Waals surface area (Å²) in [6.07, 6.45) is 0. The number of benzene rings is 2. The Hall–Kier alpha value is -2.20. The van der Waals surface area contributed by atoms with Gasteiger partial charge in [0.25, 0.3) is 0 Å². The third kappa shape index (κ3) is 5.17. The average molecular weight is 349 g/mol. The molecule has 0 aliphatic carbocycles. The van der Waals surface area contributed by atoms with Crippen molar-refractivity contribution in [3.8, 4) is 22.6 Å². The first kappa shape index (κ1) is 18.1. The Kier molecular flexibility index (Phi) is 5.73. The van der Waals surface area contributed by atoms with Crippen LogP contribution in [0.25, 0.3) is 11.1 Å². The summed E-state index contributed by atoms with van der Waals surface area (Å²) >= 11 is 6.10. The lowest BCUT2D eigenvalue weighted by molar-refractivity contribution is -0.157. The average Bonchev–Trinajstić information content (AvgIpc) is 2.52. The topological polar surface area (TPSA) is 44.8 Å². The fourth-order valence-electron chi connectivity index (χ4n) is 2.13. The zero-order valence-corrected chi connectivity index (χ0v) is 15.0. The van der Waals surface area contributed by atoms with Crippen molar-refractivity contribution in [1.29, 1.82) is 0 Å². The van der Waals surface area contributed by atoms with Crippen molar-refractivity contribution < 1.29 is 19.0 Å². The minimum atomic E-state index is -0.542. The zero-order chi connectivity index (χ0) is 17.7. The molecule has 0 saturated heterocycles. The van der Waals surface area contributed by atoms with E-state index >= 15 is 0 Å². The maximum Gasteiger partial charge on any atom is 0.344 e. The number of ether oxygens (including phenoxy) is 3. The van der Waals surface area contributed by atoms with Crippen LogP contribution in [0.5, 0.6) is 11.5 Å². The standard InChI is InChI=1S/C19H21ClO4/c1-19(2,3)24-18(21)12-23-17-10-7-14(20)11-16(17)13-5-8-15(22-4)9-6-13/h5-11H,12H2,1-4H3. The van der Waals surface area contributed by atoms with Crippen molar-refractivity contribution in [3.05, 3.63) is 47.5 Å². The van der Waals surface area contributed by atoms with Crippen LogP contribution in [-0.2, 0) is 9.53 Å². The number of carbonyl (C=O) groups excluding carboxylic acids is 1. The van der Waals surface area contributed by atoms with Crippen LogP contribution in [0, 0.1) is 0 Å². The molecule has 0 aliphatic rings. The smallest absolute Gasteiger partial charge is 0.344 e. The largest absolute Gasteiger partial charge is 0.497 e. The molecule has 0 amide bonds. The van der Waals surface area contributed by atoms with E-state index in [4.69, 9.17) is 25.8 Å². The third-order valence-electron chi connectivity index (χ3n) is 3.11. The van der Waals surface area contributed by atoms with Gasteiger partial charge in [0.2, 0.25) is 0 Å². The highest BCUT2D eigenvalue weighted by Crippen LogP contribution is 2.33. The Labute approximate surface area is 147 Å². The SMILES string of the molecule is COc1ccc(-c2cc(Cl)ccc2OCC(=O)OC(C)(C)C)cc1. The number of carbonyl (C=O) groups is 1. The fourth-order valence-corrected chi connectivity index (χ4v) is 2.30. The van der Waals surface area contributed by atoms with E-state index in [1.165, 1.54) is 0 Å². The van der Waals surface area contributed by atoms with Gasteiger partial charge in [0.15, 0.2) is 6.61 Å². The van der Waals surface area contributed by atoms with Crippen LogP contribution in [0.4, 0.5) is 0 Å². The highest BCUT2D eigenvalue weighted by molar-refractivity contribution is 6.31. The molecule has 2 rings (SSSR count). The highest BCUT2D eigenvalue weighted by atomic mass is 35.5. The second kappa shape index (κ2) is 7.58. The molecule has 0 unspecified atom stereocenters. The molecule has 0 saturated carbocycles. The Bertz CT molecular complexity index is 702. The second-order valence-corrected chi connectivity index (χ2v) is 6.68. The zero-order valence-electron chi connectivity index (χ0n) is 14.3. The van der Waals surface area contributed by atoms with Crippen LogP contribution < -0.4 is 9.47 Å². The first-order valence-corrected chi connectivity index (χ1v) is 7.95. The summed E-state index contributed by atoms with van der Waals surface area (Å²) in [5.74, 6) is 0.908. The van der Waals surface area contributed by atoms with Crippen molar-refractivity contribution in [2.24, 2.45) is 0 Å². The number of esters is 1. The Balaban J connectivity index is 2.19. The third-order valence-corrected chi connectivity index (χ3v) is 3.34. The molecule has 0 N–H and O–H groups in total. The predicted octanol–water partition coefficient (Wildman–Crippen LogP) is 4.74. The molecule has 0 radical (unpaired) electrons. The van der Waals surface area contributed by atoms with Gasteiger partial charge in [-0.25, -0.2) is 4.79 Å². The molecule has 0 bridgehead atoms. The molecule has 0 heterocycles. The minimum Gasteiger partial charge on any atom is -0.497 e. The summed E-state index contributed by atoms with van der Waals surface area (Å²) in [7, 11) is 1.61. The van der Waals surface area contributed by atoms with Gasteiger partial charge in [0.05, 0.1) is 7.11 Å². The number of methoxy groups -OCH3 is 1. The van der Waals surface area contributed by atoms with E-state index in [1.54, 1.807) is 25.3 Å². The van der Waals surface area contributed by atoms with Gasteiger partial charge in [0, 0.05) is 10.6 Å². The Morgan fingerprint density at radius 3 is 2.33 bits per heavy atom. The van der Waals surface area contributed by atoms with E-state index in [2.05, 4.69) is 0 Å². The van der Waals surface area contributed by atoms with Gasteiger partial charge >= 0.3 is 5.97 Å². The molecular formula is C19H21ClO4. The van der Waals surface area contributed by atoms with E-state index in [-0.39, 0.29) is 6.61 Å². The maximum absolute atomic E-state index is 11.8. The van der Waals surface area contributed by atoms with Gasteiger partial charge in [-0.05, 0) is 56.7 Å². The summed E-state index contributed by atoms with van der Waals surface area (Å²) in [6, 6.07) is 12.8. The molecule has 5 heteroatoms. The van der Waals surface area contributed by atoms with E-state index in [0.29, 0.717) is 10.8 Å². The first-order chi connectivity index (χ1) is 11.3. The van der Waals surface area contributed by atoms with Crippen LogP contribution in [0.1, 0.15) is 20.8 Å². The minimum absolute atomic E-state index is 0.165. The number of hydrogen-bond donors (Lipinski definition) is 0. The number of halogens is 1. The van der Waals surface area contributed by atoms with E-state index in [0.717, 1.165) is 16.9 Å². The predicted molar refractivity (Wildman–Crippen MR) is 94.8 cm³/mol. The summed E-state index contributed by atoms with van der Waals surface area (Å²) < 4.78 is 16.1. The molecule has 2 aromatic carbocycles. The fraction of sp³-hybridized carbons (Fsp3) is 0.316. The molecule has 4 nitrogen and oxygen atoms in total. The van der Waals surface area contributed by atoms with Crippen molar-refractivity contribution in [3.63, 3.8) is 0 Å². The van der Waals surface area contributed by atoms with E-state index in [1.807, 2.05) is 45.0 Å². The van der Waals surface area contributed by atoms with E-state index in [9.17, 15) is 4.79 Å². The number of hydrogen-bond acceptors (Lipinski definition) is 4. The van der Waals surface area contributed by atoms with Gasteiger partial charge in [0.1, 0.15) is 17.1 Å². The molecule has 0 atom stereocenters. The van der Waals surface area contributed by atoms with Gasteiger partial charge in [-0.2, -0.15) is 0 Å². The molecule has 0 aromatic heterocycles. The van der Waals surface area contributed by atoms with Crippen molar-refractivity contribution in [1.82, 2.24) is 0 Å². The van der Waals surface area contributed by atoms with Crippen LogP contribution in [0.2, 0.25) is 5.02 Å². The molecule has 0 spiro atoms. The summed E-state index contributed by atoms with van der Waals surface area (Å²) in [5, 5.41) is 0.588. The quantitative estimate of drug-likeness (QED) is 0.732. The normalized spacial score (nSPS) is 11.0. The van der Waals surface area contributed by atoms with Crippen molar-refractivity contribution >= 4 is 17.6 Å². The summed E-state index contributed by atoms with van der Waals surface area (Å²) in [4.78, 5) is 11.8.